The average Bonchev–Trinajstić information content (AvgIpc) is 2.01. The van der Waals surface area contributed by atoms with Crippen molar-refractivity contribution < 1.29 is 9.53 Å². The number of carbonyl (C=O) groups is 1. The molecule has 0 fully saturated rings. The summed E-state index contributed by atoms with van der Waals surface area (Å²) in [5.41, 5.74) is 0.875. The van der Waals surface area contributed by atoms with Gasteiger partial charge in [-0.25, -0.2) is 0 Å². The van der Waals surface area contributed by atoms with Gasteiger partial charge in [-0.3, -0.25) is 9.78 Å². The molecule has 12 heavy (non-hydrogen) atoms. The molecule has 1 heterocycles. The molecule has 3 nitrogen and oxygen atoms in total. The zero-order valence-corrected chi connectivity index (χ0v) is 8.17. The van der Waals surface area contributed by atoms with Crippen LogP contribution in [-0.2, 0) is 16.1 Å². The fourth-order valence-corrected chi connectivity index (χ4v) is 1.13. The third kappa shape index (κ3) is 3.00. The van der Waals surface area contributed by atoms with E-state index in [-0.39, 0.29) is 12.6 Å². The van der Waals surface area contributed by atoms with Crippen molar-refractivity contribution in [2.24, 2.45) is 0 Å². The second-order valence-corrected chi connectivity index (χ2v) is 3.21. The first-order valence-electron chi connectivity index (χ1n) is 3.41. The lowest BCUT2D eigenvalue weighted by Gasteiger charge is -2.00. The van der Waals surface area contributed by atoms with Crippen LogP contribution in [0.4, 0.5) is 0 Å². The quantitative estimate of drug-likeness (QED) is 0.728. The molecule has 0 radical (unpaired) electrons. The molecule has 0 aliphatic rings. The van der Waals surface area contributed by atoms with Gasteiger partial charge in [-0.05, 0) is 22.0 Å². The van der Waals surface area contributed by atoms with E-state index in [1.54, 1.807) is 12.4 Å². The number of hydrogen-bond donors (Lipinski definition) is 0. The third-order valence-corrected chi connectivity index (χ3v) is 1.64. The molecule has 1 rings (SSSR count). The highest BCUT2D eigenvalue weighted by atomic mass is 79.9. The van der Waals surface area contributed by atoms with Crippen LogP contribution in [0.15, 0.2) is 22.9 Å². The molecule has 0 spiro atoms. The van der Waals surface area contributed by atoms with E-state index in [2.05, 4.69) is 20.9 Å². The molecule has 1 aromatic heterocycles. The van der Waals surface area contributed by atoms with Crippen molar-refractivity contribution in [3.63, 3.8) is 0 Å². The highest BCUT2D eigenvalue weighted by Crippen LogP contribution is 2.10. The standard InChI is InChI=1S/C8H8BrNO2/c1-6(11)12-5-7-2-8(9)4-10-3-7/h2-4H,5H2,1H3. The maximum absolute atomic E-state index is 10.4. The van der Waals surface area contributed by atoms with Crippen LogP contribution < -0.4 is 0 Å². The number of hydrogen-bond acceptors (Lipinski definition) is 3. The summed E-state index contributed by atoms with van der Waals surface area (Å²) < 4.78 is 5.66. The van der Waals surface area contributed by atoms with E-state index >= 15 is 0 Å². The fraction of sp³-hybridized carbons (Fsp3) is 0.250. The van der Waals surface area contributed by atoms with Crippen molar-refractivity contribution in [2.75, 3.05) is 0 Å². The van der Waals surface area contributed by atoms with Crippen LogP contribution in [0.5, 0.6) is 0 Å². The predicted octanol–water partition coefficient (Wildman–Crippen LogP) is 1.91. The lowest BCUT2D eigenvalue weighted by molar-refractivity contribution is -0.142. The lowest BCUT2D eigenvalue weighted by atomic mass is 10.3. The van der Waals surface area contributed by atoms with Gasteiger partial charge in [-0.15, -0.1) is 0 Å². The van der Waals surface area contributed by atoms with Crippen LogP contribution in [-0.4, -0.2) is 11.0 Å². The van der Waals surface area contributed by atoms with Gasteiger partial charge in [0.15, 0.2) is 0 Å². The van der Waals surface area contributed by atoms with Crippen molar-refractivity contribution in [3.05, 3.63) is 28.5 Å². The summed E-state index contributed by atoms with van der Waals surface area (Å²) in [5.74, 6) is -0.282. The Morgan fingerprint density at radius 2 is 2.42 bits per heavy atom. The number of pyridine rings is 1. The average molecular weight is 230 g/mol. The molecular weight excluding hydrogens is 222 g/mol. The van der Waals surface area contributed by atoms with Gasteiger partial charge in [0.1, 0.15) is 6.61 Å². The summed E-state index contributed by atoms with van der Waals surface area (Å²) in [6.07, 6.45) is 3.34. The van der Waals surface area contributed by atoms with Crippen LogP contribution in [0.1, 0.15) is 12.5 Å². The predicted molar refractivity (Wildman–Crippen MR) is 47.4 cm³/mol. The van der Waals surface area contributed by atoms with Crippen molar-refractivity contribution >= 4 is 21.9 Å². The van der Waals surface area contributed by atoms with E-state index in [0.29, 0.717) is 0 Å². The number of rotatable bonds is 2. The Bertz CT molecular complexity index is 288. The summed E-state index contributed by atoms with van der Waals surface area (Å²) in [6, 6.07) is 1.86. The van der Waals surface area contributed by atoms with Crippen LogP contribution in [0, 0.1) is 0 Å². The molecule has 0 saturated heterocycles. The van der Waals surface area contributed by atoms with Crippen LogP contribution in [0.2, 0.25) is 0 Å². The van der Waals surface area contributed by atoms with Gasteiger partial charge in [-0.2, -0.15) is 0 Å². The normalized spacial score (nSPS) is 9.50. The van der Waals surface area contributed by atoms with Gasteiger partial charge in [0.05, 0.1) is 0 Å². The lowest BCUT2D eigenvalue weighted by Crippen LogP contribution is -1.98. The van der Waals surface area contributed by atoms with Crippen LogP contribution >= 0.6 is 15.9 Å². The smallest absolute Gasteiger partial charge is 0.302 e. The first-order chi connectivity index (χ1) is 5.68. The minimum absolute atomic E-state index is 0.280. The Balaban J connectivity index is 2.57. The van der Waals surface area contributed by atoms with E-state index in [4.69, 9.17) is 4.74 Å². The minimum Gasteiger partial charge on any atom is -0.461 e. The van der Waals surface area contributed by atoms with Crippen molar-refractivity contribution in [3.8, 4) is 0 Å². The van der Waals surface area contributed by atoms with E-state index in [9.17, 15) is 4.79 Å². The largest absolute Gasteiger partial charge is 0.461 e. The summed E-state index contributed by atoms with van der Waals surface area (Å²) in [4.78, 5) is 14.4. The Labute approximate surface area is 78.9 Å². The highest BCUT2D eigenvalue weighted by Gasteiger charge is 1.96. The first kappa shape index (κ1) is 9.19. The van der Waals surface area contributed by atoms with E-state index < -0.39 is 0 Å². The number of esters is 1. The molecule has 0 bridgehead atoms. The van der Waals surface area contributed by atoms with Crippen LogP contribution in [0.3, 0.4) is 0 Å². The van der Waals surface area contributed by atoms with Crippen LogP contribution in [0.25, 0.3) is 0 Å². The van der Waals surface area contributed by atoms with Crippen molar-refractivity contribution in [1.82, 2.24) is 4.98 Å². The molecular formula is C8H8BrNO2. The highest BCUT2D eigenvalue weighted by molar-refractivity contribution is 9.10. The minimum atomic E-state index is -0.282. The molecule has 4 heteroatoms. The third-order valence-electron chi connectivity index (χ3n) is 1.20. The molecule has 0 aliphatic heterocycles. The maximum Gasteiger partial charge on any atom is 0.302 e. The Morgan fingerprint density at radius 1 is 1.67 bits per heavy atom. The van der Waals surface area contributed by atoms with Gasteiger partial charge in [0.2, 0.25) is 0 Å². The summed E-state index contributed by atoms with van der Waals surface area (Å²) in [5, 5.41) is 0. The monoisotopic (exact) mass is 229 g/mol. The van der Waals surface area contributed by atoms with E-state index in [1.807, 2.05) is 6.07 Å². The molecule has 0 unspecified atom stereocenters. The van der Waals surface area contributed by atoms with Gasteiger partial charge >= 0.3 is 5.97 Å². The molecule has 0 amide bonds. The topological polar surface area (TPSA) is 39.2 Å². The maximum atomic E-state index is 10.4. The van der Waals surface area contributed by atoms with Gasteiger partial charge in [-0.1, -0.05) is 0 Å². The summed E-state index contributed by atoms with van der Waals surface area (Å²) in [7, 11) is 0. The van der Waals surface area contributed by atoms with Crippen molar-refractivity contribution in [1.29, 1.82) is 0 Å². The Hall–Kier alpha value is -0.900. The number of halogens is 1. The molecule has 64 valence electrons. The molecule has 0 saturated carbocycles. The van der Waals surface area contributed by atoms with Gasteiger partial charge in [0.25, 0.3) is 0 Å². The van der Waals surface area contributed by atoms with Gasteiger partial charge in [0, 0.05) is 29.4 Å². The van der Waals surface area contributed by atoms with Crippen molar-refractivity contribution in [2.45, 2.75) is 13.5 Å². The Kier molecular flexibility index (Phi) is 3.22. The molecule has 0 aliphatic carbocycles. The second-order valence-electron chi connectivity index (χ2n) is 2.29. The number of aromatic nitrogens is 1. The fourth-order valence-electron chi connectivity index (χ4n) is 0.720. The number of nitrogens with zero attached hydrogens (tertiary/aromatic N) is 1. The number of ether oxygens (including phenoxy) is 1. The molecule has 0 atom stereocenters. The summed E-state index contributed by atoms with van der Waals surface area (Å²) >= 11 is 3.27. The zero-order valence-electron chi connectivity index (χ0n) is 6.58. The molecule has 1 aromatic rings. The Morgan fingerprint density at radius 3 is 3.00 bits per heavy atom. The molecule has 0 N–H and O–H groups in total. The van der Waals surface area contributed by atoms with E-state index in [1.165, 1.54) is 6.92 Å². The van der Waals surface area contributed by atoms with E-state index in [0.717, 1.165) is 10.0 Å². The first-order valence-corrected chi connectivity index (χ1v) is 4.20. The summed E-state index contributed by atoms with van der Waals surface area (Å²) in [6.45, 7) is 1.66. The molecule has 0 aromatic carbocycles. The second kappa shape index (κ2) is 4.21. The zero-order chi connectivity index (χ0) is 8.97. The SMILES string of the molecule is CC(=O)OCc1cncc(Br)c1. The van der Waals surface area contributed by atoms with Gasteiger partial charge < -0.3 is 4.74 Å². The number of carbonyl (C=O) groups excluding carboxylic acids is 1.